The van der Waals surface area contributed by atoms with Crippen LogP contribution in [0.4, 0.5) is 4.39 Å². The van der Waals surface area contributed by atoms with E-state index in [0.29, 0.717) is 18.2 Å². The molecular weight excluding hydrogens is 263 g/mol. The van der Waals surface area contributed by atoms with Crippen LogP contribution in [-0.2, 0) is 6.42 Å². The standard InChI is InChI=1S/C14H11FN2OS/c1-9-6-7-19-13(9)14-17-16-12(18-14)8-10-2-4-11(15)5-3-10/h2-7H,8H2,1H3. The van der Waals surface area contributed by atoms with Crippen molar-refractivity contribution in [1.82, 2.24) is 10.2 Å². The van der Waals surface area contributed by atoms with E-state index in [4.69, 9.17) is 4.42 Å². The summed E-state index contributed by atoms with van der Waals surface area (Å²) < 4.78 is 18.4. The van der Waals surface area contributed by atoms with E-state index in [9.17, 15) is 4.39 Å². The van der Waals surface area contributed by atoms with Gasteiger partial charge in [0.2, 0.25) is 5.89 Å². The highest BCUT2D eigenvalue weighted by atomic mass is 32.1. The number of aromatic nitrogens is 2. The molecule has 0 amide bonds. The third kappa shape index (κ3) is 2.56. The molecule has 0 aliphatic heterocycles. The van der Waals surface area contributed by atoms with Gasteiger partial charge in [0, 0.05) is 0 Å². The van der Waals surface area contributed by atoms with Crippen molar-refractivity contribution < 1.29 is 8.81 Å². The van der Waals surface area contributed by atoms with Crippen molar-refractivity contribution in [3.05, 3.63) is 58.5 Å². The van der Waals surface area contributed by atoms with Gasteiger partial charge in [-0.15, -0.1) is 21.5 Å². The van der Waals surface area contributed by atoms with Gasteiger partial charge in [-0.1, -0.05) is 12.1 Å². The Balaban J connectivity index is 1.82. The van der Waals surface area contributed by atoms with E-state index in [1.54, 1.807) is 23.5 Å². The number of benzene rings is 1. The highest BCUT2D eigenvalue weighted by Crippen LogP contribution is 2.28. The van der Waals surface area contributed by atoms with E-state index < -0.39 is 0 Å². The van der Waals surface area contributed by atoms with E-state index >= 15 is 0 Å². The largest absolute Gasteiger partial charge is 0.420 e. The molecule has 0 saturated heterocycles. The molecule has 0 saturated carbocycles. The summed E-state index contributed by atoms with van der Waals surface area (Å²) >= 11 is 1.58. The second-order valence-corrected chi connectivity index (χ2v) is 5.15. The van der Waals surface area contributed by atoms with Crippen molar-refractivity contribution in [1.29, 1.82) is 0 Å². The van der Waals surface area contributed by atoms with E-state index in [1.165, 1.54) is 12.1 Å². The summed E-state index contributed by atoms with van der Waals surface area (Å²) in [6.07, 6.45) is 0.512. The lowest BCUT2D eigenvalue weighted by atomic mass is 10.1. The zero-order chi connectivity index (χ0) is 13.2. The topological polar surface area (TPSA) is 38.9 Å². The Morgan fingerprint density at radius 1 is 1.16 bits per heavy atom. The predicted octanol–water partition coefficient (Wildman–Crippen LogP) is 3.84. The number of thiophene rings is 1. The second-order valence-electron chi connectivity index (χ2n) is 4.24. The van der Waals surface area contributed by atoms with Crippen molar-refractivity contribution in [2.24, 2.45) is 0 Å². The van der Waals surface area contributed by atoms with Gasteiger partial charge in [0.1, 0.15) is 5.82 Å². The van der Waals surface area contributed by atoms with E-state index in [1.807, 2.05) is 18.4 Å². The maximum absolute atomic E-state index is 12.8. The molecule has 19 heavy (non-hydrogen) atoms. The van der Waals surface area contributed by atoms with E-state index in [-0.39, 0.29) is 5.82 Å². The smallest absolute Gasteiger partial charge is 0.258 e. The summed E-state index contributed by atoms with van der Waals surface area (Å²) in [5.74, 6) is 0.836. The molecule has 0 aliphatic rings. The molecule has 0 atom stereocenters. The third-order valence-electron chi connectivity index (χ3n) is 2.79. The second kappa shape index (κ2) is 4.93. The van der Waals surface area contributed by atoms with Gasteiger partial charge in [-0.2, -0.15) is 0 Å². The van der Waals surface area contributed by atoms with Crippen LogP contribution in [0.2, 0.25) is 0 Å². The molecule has 3 nitrogen and oxygen atoms in total. The number of hydrogen-bond donors (Lipinski definition) is 0. The summed E-state index contributed by atoms with van der Waals surface area (Å²) in [6, 6.07) is 8.31. The van der Waals surface area contributed by atoms with Crippen LogP contribution in [0, 0.1) is 12.7 Å². The zero-order valence-electron chi connectivity index (χ0n) is 10.3. The lowest BCUT2D eigenvalue weighted by Crippen LogP contribution is -1.88. The Kier molecular flexibility index (Phi) is 3.13. The van der Waals surface area contributed by atoms with Gasteiger partial charge in [0.25, 0.3) is 5.89 Å². The molecule has 0 aliphatic carbocycles. The van der Waals surface area contributed by atoms with Crippen LogP contribution in [0.1, 0.15) is 17.0 Å². The molecule has 0 N–H and O–H groups in total. The molecule has 0 spiro atoms. The van der Waals surface area contributed by atoms with Crippen LogP contribution in [0.3, 0.4) is 0 Å². The van der Waals surface area contributed by atoms with Gasteiger partial charge in [0.05, 0.1) is 11.3 Å². The fourth-order valence-electron chi connectivity index (χ4n) is 1.79. The lowest BCUT2D eigenvalue weighted by molar-refractivity contribution is 0.518. The molecule has 0 fully saturated rings. The number of halogens is 1. The minimum Gasteiger partial charge on any atom is -0.420 e. The molecule has 0 radical (unpaired) electrons. The Hall–Kier alpha value is -2.01. The van der Waals surface area contributed by atoms with Gasteiger partial charge in [-0.05, 0) is 41.6 Å². The summed E-state index contributed by atoms with van der Waals surface area (Å²) in [5, 5.41) is 10.1. The number of aryl methyl sites for hydroxylation is 1. The first-order chi connectivity index (χ1) is 9.22. The quantitative estimate of drug-likeness (QED) is 0.728. The number of hydrogen-bond acceptors (Lipinski definition) is 4. The van der Waals surface area contributed by atoms with E-state index in [0.717, 1.165) is 16.0 Å². The van der Waals surface area contributed by atoms with Gasteiger partial charge in [-0.25, -0.2) is 4.39 Å². The summed E-state index contributed by atoms with van der Waals surface area (Å²) in [4.78, 5) is 0.998. The number of nitrogens with zero attached hydrogens (tertiary/aromatic N) is 2. The highest BCUT2D eigenvalue weighted by molar-refractivity contribution is 7.13. The molecule has 1 aromatic carbocycles. The van der Waals surface area contributed by atoms with Crippen LogP contribution in [0.15, 0.2) is 40.1 Å². The molecule has 2 heterocycles. The molecule has 96 valence electrons. The van der Waals surface area contributed by atoms with Crippen molar-refractivity contribution in [2.75, 3.05) is 0 Å². The fourth-order valence-corrected chi connectivity index (χ4v) is 2.63. The van der Waals surface area contributed by atoms with Crippen LogP contribution in [0.25, 0.3) is 10.8 Å². The van der Waals surface area contributed by atoms with Crippen molar-refractivity contribution in [3.8, 4) is 10.8 Å². The average molecular weight is 274 g/mol. The Bertz CT molecular complexity index is 688. The molecule has 3 aromatic rings. The molecule has 5 heteroatoms. The minimum absolute atomic E-state index is 0.246. The van der Waals surface area contributed by atoms with Crippen molar-refractivity contribution >= 4 is 11.3 Å². The Morgan fingerprint density at radius 3 is 2.63 bits per heavy atom. The monoisotopic (exact) mass is 274 g/mol. The first-order valence-electron chi connectivity index (χ1n) is 5.83. The first kappa shape index (κ1) is 12.0. The Morgan fingerprint density at radius 2 is 1.95 bits per heavy atom. The lowest BCUT2D eigenvalue weighted by Gasteiger charge is -1.96. The van der Waals surface area contributed by atoms with Gasteiger partial charge < -0.3 is 4.42 Å². The summed E-state index contributed by atoms with van der Waals surface area (Å²) in [6.45, 7) is 2.01. The summed E-state index contributed by atoms with van der Waals surface area (Å²) in [7, 11) is 0. The van der Waals surface area contributed by atoms with Gasteiger partial charge in [-0.3, -0.25) is 0 Å². The molecule has 0 unspecified atom stereocenters. The molecular formula is C14H11FN2OS. The maximum atomic E-state index is 12.8. The molecule has 2 aromatic heterocycles. The number of rotatable bonds is 3. The van der Waals surface area contributed by atoms with Gasteiger partial charge >= 0.3 is 0 Å². The normalized spacial score (nSPS) is 10.8. The van der Waals surface area contributed by atoms with Crippen molar-refractivity contribution in [2.45, 2.75) is 13.3 Å². The molecule has 3 rings (SSSR count). The molecule has 0 bridgehead atoms. The van der Waals surface area contributed by atoms with Crippen LogP contribution < -0.4 is 0 Å². The maximum Gasteiger partial charge on any atom is 0.258 e. The van der Waals surface area contributed by atoms with Crippen molar-refractivity contribution in [3.63, 3.8) is 0 Å². The third-order valence-corrected chi connectivity index (χ3v) is 3.80. The summed E-state index contributed by atoms with van der Waals surface area (Å²) in [5.41, 5.74) is 2.07. The average Bonchev–Trinajstić information content (AvgIpc) is 3.01. The minimum atomic E-state index is -0.246. The van der Waals surface area contributed by atoms with Crippen LogP contribution in [-0.4, -0.2) is 10.2 Å². The highest BCUT2D eigenvalue weighted by Gasteiger charge is 2.12. The van der Waals surface area contributed by atoms with Crippen LogP contribution >= 0.6 is 11.3 Å². The SMILES string of the molecule is Cc1ccsc1-c1nnc(Cc2ccc(F)cc2)o1. The fraction of sp³-hybridized carbons (Fsp3) is 0.143. The predicted molar refractivity (Wildman–Crippen MR) is 71.6 cm³/mol. The van der Waals surface area contributed by atoms with Gasteiger partial charge in [0.15, 0.2) is 0 Å². The first-order valence-corrected chi connectivity index (χ1v) is 6.71. The van der Waals surface area contributed by atoms with Crippen LogP contribution in [0.5, 0.6) is 0 Å². The zero-order valence-corrected chi connectivity index (χ0v) is 11.1. The van der Waals surface area contributed by atoms with E-state index in [2.05, 4.69) is 10.2 Å². The Labute approximate surface area is 113 Å².